The number of nitrogens with zero attached hydrogens (tertiary/aromatic N) is 3. The molecule has 0 saturated heterocycles. The second kappa shape index (κ2) is 3.08. The first-order chi connectivity index (χ1) is 7.75. The second-order valence-electron chi connectivity index (χ2n) is 4.61. The normalized spacial score (nSPS) is 18.0. The van der Waals surface area contributed by atoms with Crippen LogP contribution in [0.5, 0.6) is 0 Å². The van der Waals surface area contributed by atoms with Crippen molar-refractivity contribution < 1.29 is 0 Å². The van der Waals surface area contributed by atoms with Crippen molar-refractivity contribution in [2.45, 2.75) is 24.7 Å². The first-order valence-corrected chi connectivity index (χ1v) is 5.58. The average molecular weight is 211 g/mol. The van der Waals surface area contributed by atoms with Crippen molar-refractivity contribution >= 4 is 11.0 Å². The van der Waals surface area contributed by atoms with Gasteiger partial charge in [-0.3, -0.25) is 0 Å². The number of imidazole rings is 1. The molecule has 0 radical (unpaired) electrons. The molecule has 2 aromatic rings. The summed E-state index contributed by atoms with van der Waals surface area (Å²) >= 11 is 0. The molecule has 3 rings (SSSR count). The Bertz CT molecular complexity index is 585. The molecule has 0 unspecified atom stereocenters. The molecule has 1 aliphatic rings. The summed E-state index contributed by atoms with van der Waals surface area (Å²) in [5.41, 5.74) is 3.01. The number of aryl methyl sites for hydroxylation is 1. The lowest BCUT2D eigenvalue weighted by Crippen LogP contribution is -2.32. The number of aromatic nitrogens is 2. The highest BCUT2D eigenvalue weighted by atomic mass is 15.0. The zero-order chi connectivity index (χ0) is 11.2. The van der Waals surface area contributed by atoms with Crippen molar-refractivity contribution in [2.75, 3.05) is 0 Å². The van der Waals surface area contributed by atoms with Gasteiger partial charge in [-0.15, -0.1) is 0 Å². The number of hydrogen-bond donors (Lipinski definition) is 0. The molecule has 16 heavy (non-hydrogen) atoms. The highest BCUT2D eigenvalue weighted by Crippen LogP contribution is 2.43. The van der Waals surface area contributed by atoms with Gasteiger partial charge in [0.15, 0.2) is 0 Å². The maximum Gasteiger partial charge on any atom is 0.0955 e. The molecular formula is C13H13N3. The van der Waals surface area contributed by atoms with Gasteiger partial charge in [0.05, 0.1) is 28.8 Å². The lowest BCUT2D eigenvalue weighted by molar-refractivity contribution is 0.324. The van der Waals surface area contributed by atoms with Gasteiger partial charge in [0.25, 0.3) is 0 Å². The van der Waals surface area contributed by atoms with Gasteiger partial charge in [-0.2, -0.15) is 5.26 Å². The van der Waals surface area contributed by atoms with Crippen LogP contribution in [0.25, 0.3) is 11.0 Å². The molecule has 1 aromatic carbocycles. The smallest absolute Gasteiger partial charge is 0.0955 e. The van der Waals surface area contributed by atoms with Crippen LogP contribution in [0.2, 0.25) is 0 Å². The van der Waals surface area contributed by atoms with Crippen LogP contribution in [0.1, 0.15) is 24.8 Å². The molecule has 0 aliphatic heterocycles. The third-order valence-electron chi connectivity index (χ3n) is 3.70. The zero-order valence-electron chi connectivity index (χ0n) is 9.27. The number of benzene rings is 1. The third-order valence-corrected chi connectivity index (χ3v) is 3.70. The molecule has 80 valence electrons. The largest absolute Gasteiger partial charge is 0.334 e. The van der Waals surface area contributed by atoms with E-state index in [-0.39, 0.29) is 5.41 Å². The van der Waals surface area contributed by atoms with Gasteiger partial charge in [0.2, 0.25) is 0 Å². The van der Waals surface area contributed by atoms with E-state index in [1.165, 1.54) is 0 Å². The number of nitriles is 1. The van der Waals surface area contributed by atoms with Crippen molar-refractivity contribution in [1.82, 2.24) is 9.55 Å². The van der Waals surface area contributed by atoms with Gasteiger partial charge in [0, 0.05) is 7.05 Å². The van der Waals surface area contributed by atoms with Crippen molar-refractivity contribution in [3.05, 3.63) is 30.1 Å². The minimum atomic E-state index is -0.230. The fourth-order valence-electron chi connectivity index (χ4n) is 2.43. The van der Waals surface area contributed by atoms with Crippen LogP contribution in [0.3, 0.4) is 0 Å². The molecule has 0 N–H and O–H groups in total. The number of hydrogen-bond acceptors (Lipinski definition) is 2. The van der Waals surface area contributed by atoms with Crippen LogP contribution < -0.4 is 0 Å². The van der Waals surface area contributed by atoms with Gasteiger partial charge in [-0.25, -0.2) is 4.98 Å². The lowest BCUT2D eigenvalue weighted by atomic mass is 9.65. The summed E-state index contributed by atoms with van der Waals surface area (Å²) in [5.74, 6) is 0. The predicted molar refractivity (Wildman–Crippen MR) is 61.9 cm³/mol. The summed E-state index contributed by atoms with van der Waals surface area (Å²) in [5, 5.41) is 9.29. The molecular weight excluding hydrogens is 198 g/mol. The van der Waals surface area contributed by atoms with Gasteiger partial charge < -0.3 is 4.57 Å². The topological polar surface area (TPSA) is 41.6 Å². The third kappa shape index (κ3) is 1.10. The molecule has 1 fully saturated rings. The van der Waals surface area contributed by atoms with E-state index in [0.29, 0.717) is 0 Å². The molecule has 0 amide bonds. The Labute approximate surface area is 94.3 Å². The molecule has 1 saturated carbocycles. The molecule has 0 bridgehead atoms. The maximum absolute atomic E-state index is 9.29. The summed E-state index contributed by atoms with van der Waals surface area (Å²) in [7, 11) is 1.98. The highest BCUT2D eigenvalue weighted by Gasteiger charge is 2.39. The molecule has 3 heteroatoms. The number of rotatable bonds is 1. The second-order valence-corrected chi connectivity index (χ2v) is 4.61. The van der Waals surface area contributed by atoms with Crippen LogP contribution in [0.15, 0.2) is 24.5 Å². The quantitative estimate of drug-likeness (QED) is 0.727. The van der Waals surface area contributed by atoms with Crippen molar-refractivity contribution in [3.8, 4) is 6.07 Å². The summed E-state index contributed by atoms with van der Waals surface area (Å²) in [6.07, 6.45) is 4.95. The van der Waals surface area contributed by atoms with Crippen LogP contribution >= 0.6 is 0 Å². The Morgan fingerprint density at radius 1 is 1.44 bits per heavy atom. The van der Waals surface area contributed by atoms with Gasteiger partial charge in [-0.05, 0) is 37.0 Å². The highest BCUT2D eigenvalue weighted by molar-refractivity contribution is 5.76. The first-order valence-electron chi connectivity index (χ1n) is 5.58. The molecule has 3 nitrogen and oxygen atoms in total. The monoisotopic (exact) mass is 211 g/mol. The van der Waals surface area contributed by atoms with E-state index in [9.17, 15) is 5.26 Å². The van der Waals surface area contributed by atoms with Gasteiger partial charge >= 0.3 is 0 Å². The molecule has 0 atom stereocenters. The van der Waals surface area contributed by atoms with Crippen molar-refractivity contribution in [3.63, 3.8) is 0 Å². The van der Waals surface area contributed by atoms with E-state index >= 15 is 0 Å². The number of fused-ring (bicyclic) bond motifs is 1. The molecule has 1 aliphatic carbocycles. The van der Waals surface area contributed by atoms with E-state index in [2.05, 4.69) is 29.3 Å². The van der Waals surface area contributed by atoms with E-state index < -0.39 is 0 Å². The fourth-order valence-corrected chi connectivity index (χ4v) is 2.43. The van der Waals surface area contributed by atoms with Gasteiger partial charge in [-0.1, -0.05) is 6.07 Å². The average Bonchev–Trinajstić information content (AvgIpc) is 2.60. The molecule has 0 spiro atoms. The van der Waals surface area contributed by atoms with E-state index in [1.807, 2.05) is 17.9 Å². The summed E-state index contributed by atoms with van der Waals surface area (Å²) < 4.78 is 2.00. The first kappa shape index (κ1) is 9.41. The van der Waals surface area contributed by atoms with E-state index in [1.54, 1.807) is 0 Å². The Kier molecular flexibility index (Phi) is 1.81. The molecule has 1 heterocycles. The Morgan fingerprint density at radius 3 is 2.88 bits per heavy atom. The zero-order valence-corrected chi connectivity index (χ0v) is 9.27. The minimum Gasteiger partial charge on any atom is -0.334 e. The Morgan fingerprint density at radius 2 is 2.25 bits per heavy atom. The Hall–Kier alpha value is -1.82. The maximum atomic E-state index is 9.29. The van der Waals surface area contributed by atoms with Crippen LogP contribution in [0, 0.1) is 11.3 Å². The fraction of sp³-hybridized carbons (Fsp3) is 0.385. The van der Waals surface area contributed by atoms with Crippen LogP contribution in [0.4, 0.5) is 0 Å². The minimum absolute atomic E-state index is 0.230. The summed E-state index contributed by atoms with van der Waals surface area (Å²) in [6.45, 7) is 0. The van der Waals surface area contributed by atoms with Gasteiger partial charge in [0.1, 0.15) is 0 Å². The predicted octanol–water partition coefficient (Wildman–Crippen LogP) is 2.52. The summed E-state index contributed by atoms with van der Waals surface area (Å²) in [6, 6.07) is 8.68. The molecule has 1 aromatic heterocycles. The summed E-state index contributed by atoms with van der Waals surface area (Å²) in [4.78, 5) is 4.34. The van der Waals surface area contributed by atoms with Crippen LogP contribution in [-0.2, 0) is 12.5 Å². The lowest BCUT2D eigenvalue weighted by Gasteiger charge is -2.35. The van der Waals surface area contributed by atoms with E-state index in [4.69, 9.17) is 0 Å². The SMILES string of the molecule is Cn1cnc2cc(C3(C#N)CCC3)ccc21. The standard InChI is InChI=1S/C13H13N3/c1-16-9-15-11-7-10(3-4-12(11)16)13(8-14)5-2-6-13/h3-4,7,9H,2,5-6H2,1H3. The van der Waals surface area contributed by atoms with Crippen molar-refractivity contribution in [2.24, 2.45) is 7.05 Å². The van der Waals surface area contributed by atoms with E-state index in [0.717, 1.165) is 35.9 Å². The van der Waals surface area contributed by atoms with Crippen LogP contribution in [-0.4, -0.2) is 9.55 Å². The van der Waals surface area contributed by atoms with Crippen molar-refractivity contribution in [1.29, 1.82) is 5.26 Å². The Balaban J connectivity index is 2.16.